The highest BCUT2D eigenvalue weighted by molar-refractivity contribution is 5.94. The Morgan fingerprint density at radius 2 is 1.88 bits per heavy atom. The standard InChI is InChI=1S/C21H25NO3/c1-6-11-24-19-9-7-18(8-10-19)22-21(23)17(5)25-20-13-14(2)12-15(3)16(20)4/h6-10,12-13,17H,1,11H2,2-5H3,(H,22,23)/t17-/m0/s1. The van der Waals surface area contributed by atoms with Crippen molar-refractivity contribution in [3.05, 3.63) is 65.7 Å². The number of ether oxygens (including phenoxy) is 2. The predicted molar refractivity (Wildman–Crippen MR) is 102 cm³/mol. The molecule has 0 heterocycles. The fourth-order valence-corrected chi connectivity index (χ4v) is 2.40. The summed E-state index contributed by atoms with van der Waals surface area (Å²) in [6, 6.07) is 11.3. The average molecular weight is 339 g/mol. The van der Waals surface area contributed by atoms with E-state index in [4.69, 9.17) is 9.47 Å². The fraction of sp³-hybridized carbons (Fsp3) is 0.286. The molecule has 0 aliphatic rings. The van der Waals surface area contributed by atoms with Crippen molar-refractivity contribution in [2.75, 3.05) is 11.9 Å². The first-order chi connectivity index (χ1) is 11.9. The summed E-state index contributed by atoms with van der Waals surface area (Å²) in [5, 5.41) is 2.85. The van der Waals surface area contributed by atoms with E-state index in [2.05, 4.69) is 18.0 Å². The van der Waals surface area contributed by atoms with E-state index in [-0.39, 0.29) is 5.91 Å². The zero-order valence-electron chi connectivity index (χ0n) is 15.3. The van der Waals surface area contributed by atoms with Gasteiger partial charge in [-0.15, -0.1) is 0 Å². The maximum atomic E-state index is 12.4. The van der Waals surface area contributed by atoms with Crippen molar-refractivity contribution >= 4 is 11.6 Å². The normalized spacial score (nSPS) is 11.5. The smallest absolute Gasteiger partial charge is 0.265 e. The lowest BCUT2D eigenvalue weighted by molar-refractivity contribution is -0.122. The summed E-state index contributed by atoms with van der Waals surface area (Å²) in [5.41, 5.74) is 4.01. The minimum absolute atomic E-state index is 0.196. The third-order valence-corrected chi connectivity index (χ3v) is 3.93. The maximum Gasteiger partial charge on any atom is 0.265 e. The van der Waals surface area contributed by atoms with Crippen molar-refractivity contribution in [2.24, 2.45) is 0 Å². The van der Waals surface area contributed by atoms with Gasteiger partial charge in [-0.2, -0.15) is 0 Å². The second kappa shape index (κ2) is 8.38. The summed E-state index contributed by atoms with van der Waals surface area (Å²) < 4.78 is 11.3. The highest BCUT2D eigenvalue weighted by Crippen LogP contribution is 2.24. The van der Waals surface area contributed by atoms with Crippen molar-refractivity contribution in [1.82, 2.24) is 0 Å². The second-order valence-electron chi connectivity index (χ2n) is 6.08. The molecule has 0 aliphatic carbocycles. The molecule has 1 amide bonds. The Labute approximate surface area is 149 Å². The molecular formula is C21H25NO3. The van der Waals surface area contributed by atoms with Crippen LogP contribution >= 0.6 is 0 Å². The van der Waals surface area contributed by atoms with Gasteiger partial charge in [0.05, 0.1) is 0 Å². The van der Waals surface area contributed by atoms with Crippen molar-refractivity contribution in [3.8, 4) is 11.5 Å². The van der Waals surface area contributed by atoms with Gasteiger partial charge in [0, 0.05) is 5.69 Å². The largest absolute Gasteiger partial charge is 0.490 e. The van der Waals surface area contributed by atoms with E-state index in [9.17, 15) is 4.79 Å². The zero-order chi connectivity index (χ0) is 18.4. The van der Waals surface area contributed by atoms with Gasteiger partial charge in [0.2, 0.25) is 0 Å². The van der Waals surface area contributed by atoms with E-state index < -0.39 is 6.10 Å². The minimum Gasteiger partial charge on any atom is -0.490 e. The highest BCUT2D eigenvalue weighted by Gasteiger charge is 2.16. The molecule has 2 aromatic rings. The van der Waals surface area contributed by atoms with Crippen LogP contribution in [0.2, 0.25) is 0 Å². The van der Waals surface area contributed by atoms with E-state index in [1.165, 1.54) is 0 Å². The molecule has 4 nitrogen and oxygen atoms in total. The predicted octanol–water partition coefficient (Wildman–Crippen LogP) is 4.58. The molecule has 1 N–H and O–H groups in total. The lowest BCUT2D eigenvalue weighted by Crippen LogP contribution is -2.30. The summed E-state index contributed by atoms with van der Waals surface area (Å²) in [4.78, 5) is 12.4. The molecular weight excluding hydrogens is 314 g/mol. The minimum atomic E-state index is -0.600. The van der Waals surface area contributed by atoms with Crippen LogP contribution in [0.4, 0.5) is 5.69 Å². The Kier molecular flexibility index (Phi) is 6.23. The number of aryl methyl sites for hydroxylation is 2. The van der Waals surface area contributed by atoms with Crippen molar-refractivity contribution < 1.29 is 14.3 Å². The molecule has 0 aromatic heterocycles. The Morgan fingerprint density at radius 3 is 2.52 bits per heavy atom. The van der Waals surface area contributed by atoms with E-state index in [1.54, 1.807) is 37.3 Å². The topological polar surface area (TPSA) is 47.6 Å². The number of carbonyl (C=O) groups excluding carboxylic acids is 1. The third-order valence-electron chi connectivity index (χ3n) is 3.93. The molecule has 2 aromatic carbocycles. The van der Waals surface area contributed by atoms with Gasteiger partial charge in [-0.3, -0.25) is 4.79 Å². The number of hydrogen-bond acceptors (Lipinski definition) is 3. The Bertz CT molecular complexity index is 750. The molecule has 0 radical (unpaired) electrons. The summed E-state index contributed by atoms with van der Waals surface area (Å²) in [6.07, 6.45) is 1.08. The summed E-state index contributed by atoms with van der Waals surface area (Å²) in [5.74, 6) is 1.28. The molecule has 1 atom stereocenters. The SMILES string of the molecule is C=CCOc1ccc(NC(=O)[C@H](C)Oc2cc(C)cc(C)c2C)cc1. The second-order valence-corrected chi connectivity index (χ2v) is 6.08. The number of carbonyl (C=O) groups is 1. The van der Waals surface area contributed by atoms with E-state index >= 15 is 0 Å². The summed E-state index contributed by atoms with van der Waals surface area (Å²) >= 11 is 0. The number of anilines is 1. The van der Waals surface area contributed by atoms with Crippen LogP contribution in [0.5, 0.6) is 11.5 Å². The lowest BCUT2D eigenvalue weighted by atomic mass is 10.1. The van der Waals surface area contributed by atoms with Crippen LogP contribution in [0.25, 0.3) is 0 Å². The van der Waals surface area contributed by atoms with Crippen LogP contribution < -0.4 is 14.8 Å². The zero-order valence-corrected chi connectivity index (χ0v) is 15.3. The highest BCUT2D eigenvalue weighted by atomic mass is 16.5. The van der Waals surface area contributed by atoms with Gasteiger partial charge in [0.1, 0.15) is 18.1 Å². The Morgan fingerprint density at radius 1 is 1.20 bits per heavy atom. The average Bonchev–Trinajstić information content (AvgIpc) is 2.58. The van der Waals surface area contributed by atoms with Gasteiger partial charge in [-0.25, -0.2) is 0 Å². The quantitative estimate of drug-likeness (QED) is 0.751. The molecule has 2 rings (SSSR count). The van der Waals surface area contributed by atoms with Gasteiger partial charge in [0.15, 0.2) is 6.10 Å². The monoisotopic (exact) mass is 339 g/mol. The molecule has 0 fully saturated rings. The van der Waals surface area contributed by atoms with Crippen molar-refractivity contribution in [3.63, 3.8) is 0 Å². The molecule has 0 bridgehead atoms. The van der Waals surface area contributed by atoms with Gasteiger partial charge >= 0.3 is 0 Å². The van der Waals surface area contributed by atoms with Gasteiger partial charge < -0.3 is 14.8 Å². The van der Waals surface area contributed by atoms with Crippen molar-refractivity contribution in [2.45, 2.75) is 33.8 Å². The molecule has 0 unspecified atom stereocenters. The van der Waals surface area contributed by atoms with Crippen LogP contribution in [-0.2, 0) is 4.79 Å². The molecule has 132 valence electrons. The van der Waals surface area contributed by atoms with Gasteiger partial charge in [0.25, 0.3) is 5.91 Å². The molecule has 0 aliphatic heterocycles. The Balaban J connectivity index is 1.99. The number of rotatable bonds is 7. The van der Waals surface area contributed by atoms with Crippen molar-refractivity contribution in [1.29, 1.82) is 0 Å². The molecule has 0 saturated carbocycles. The summed E-state index contributed by atoms with van der Waals surface area (Å²) in [7, 11) is 0. The first-order valence-electron chi connectivity index (χ1n) is 8.30. The van der Waals surface area contributed by atoms with E-state index in [0.717, 1.165) is 28.2 Å². The lowest BCUT2D eigenvalue weighted by Gasteiger charge is -2.18. The van der Waals surface area contributed by atoms with E-state index in [1.807, 2.05) is 26.8 Å². The number of hydrogen-bond donors (Lipinski definition) is 1. The van der Waals surface area contributed by atoms with Crippen LogP contribution in [-0.4, -0.2) is 18.6 Å². The molecule has 0 spiro atoms. The summed E-state index contributed by atoms with van der Waals surface area (Å²) in [6.45, 7) is 11.9. The maximum absolute atomic E-state index is 12.4. The van der Waals surface area contributed by atoms with Crippen LogP contribution in [0.3, 0.4) is 0 Å². The number of nitrogens with one attached hydrogen (secondary N) is 1. The van der Waals surface area contributed by atoms with Crippen LogP contribution in [0, 0.1) is 20.8 Å². The molecule has 0 saturated heterocycles. The number of benzene rings is 2. The first kappa shape index (κ1) is 18.6. The van der Waals surface area contributed by atoms with Gasteiger partial charge in [-0.1, -0.05) is 18.7 Å². The first-order valence-corrected chi connectivity index (χ1v) is 8.30. The van der Waals surface area contributed by atoms with Crippen LogP contribution in [0.15, 0.2) is 49.1 Å². The molecule has 4 heteroatoms. The van der Waals surface area contributed by atoms with Crippen LogP contribution in [0.1, 0.15) is 23.6 Å². The fourth-order valence-electron chi connectivity index (χ4n) is 2.40. The Hall–Kier alpha value is -2.75. The van der Waals surface area contributed by atoms with Gasteiger partial charge in [-0.05, 0) is 74.7 Å². The number of amides is 1. The third kappa shape index (κ3) is 5.11. The molecule has 25 heavy (non-hydrogen) atoms. The van der Waals surface area contributed by atoms with E-state index in [0.29, 0.717) is 12.3 Å².